The normalized spacial score (nSPS) is 12.2. The molecule has 4 heteroatoms. The first-order valence-electron chi connectivity index (χ1n) is 6.07. The Balaban J connectivity index is 2.18. The first kappa shape index (κ1) is 14.0. The maximum Gasteiger partial charge on any atom is 0.139 e. The van der Waals surface area contributed by atoms with E-state index in [2.05, 4.69) is 21.2 Å². The summed E-state index contributed by atoms with van der Waals surface area (Å²) < 4.78 is 26.8. The molecule has 100 valence electrons. The van der Waals surface area contributed by atoms with E-state index in [4.69, 9.17) is 0 Å². The highest BCUT2D eigenvalue weighted by atomic mass is 79.9. The van der Waals surface area contributed by atoms with Crippen molar-refractivity contribution in [2.24, 2.45) is 0 Å². The van der Waals surface area contributed by atoms with Gasteiger partial charge >= 0.3 is 0 Å². The van der Waals surface area contributed by atoms with Crippen molar-refractivity contribution < 1.29 is 8.78 Å². The average Bonchev–Trinajstić information content (AvgIpc) is 2.41. The van der Waals surface area contributed by atoms with E-state index in [9.17, 15) is 8.78 Å². The van der Waals surface area contributed by atoms with Crippen molar-refractivity contribution in [2.45, 2.75) is 19.4 Å². The van der Waals surface area contributed by atoms with Crippen LogP contribution in [0.15, 0.2) is 46.9 Å². The van der Waals surface area contributed by atoms with E-state index in [1.807, 2.05) is 6.92 Å². The molecule has 2 rings (SSSR count). The molecule has 1 N–H and O–H groups in total. The summed E-state index contributed by atoms with van der Waals surface area (Å²) in [6.07, 6.45) is 0.823. The van der Waals surface area contributed by atoms with Gasteiger partial charge in [0.1, 0.15) is 11.6 Å². The Morgan fingerprint density at radius 2 is 1.79 bits per heavy atom. The monoisotopic (exact) mass is 325 g/mol. The van der Waals surface area contributed by atoms with Gasteiger partial charge in [0.25, 0.3) is 0 Å². The second kappa shape index (κ2) is 6.15. The highest BCUT2D eigenvalue weighted by Gasteiger charge is 2.10. The fraction of sp³-hybridized carbons (Fsp3) is 0.200. The van der Waals surface area contributed by atoms with Gasteiger partial charge in [-0.25, -0.2) is 8.78 Å². The van der Waals surface area contributed by atoms with E-state index in [-0.39, 0.29) is 17.7 Å². The molecule has 0 aliphatic carbocycles. The van der Waals surface area contributed by atoms with Crippen molar-refractivity contribution in [3.63, 3.8) is 0 Å². The minimum atomic E-state index is -0.307. The third kappa shape index (κ3) is 3.53. The lowest BCUT2D eigenvalue weighted by atomic mass is 10.0. The van der Waals surface area contributed by atoms with Gasteiger partial charge in [0, 0.05) is 5.69 Å². The predicted octanol–water partition coefficient (Wildman–Crippen LogP) is 5.29. The molecule has 0 amide bonds. The Kier molecular flexibility index (Phi) is 4.53. The zero-order valence-electron chi connectivity index (χ0n) is 10.5. The largest absolute Gasteiger partial charge is 0.378 e. The molecule has 1 unspecified atom stereocenters. The third-order valence-electron chi connectivity index (χ3n) is 2.94. The Labute approximate surface area is 119 Å². The van der Waals surface area contributed by atoms with E-state index in [1.54, 1.807) is 24.3 Å². The van der Waals surface area contributed by atoms with Gasteiger partial charge in [-0.05, 0) is 58.2 Å². The van der Waals surface area contributed by atoms with Gasteiger partial charge in [-0.3, -0.25) is 0 Å². The summed E-state index contributed by atoms with van der Waals surface area (Å²) in [6.45, 7) is 2.02. The van der Waals surface area contributed by atoms with E-state index in [0.717, 1.165) is 12.0 Å². The molecular weight excluding hydrogens is 312 g/mol. The fourth-order valence-corrected chi connectivity index (χ4v) is 2.15. The summed E-state index contributed by atoms with van der Waals surface area (Å²) >= 11 is 3.12. The minimum absolute atomic E-state index is 0.0289. The van der Waals surface area contributed by atoms with Crippen LogP contribution in [-0.4, -0.2) is 0 Å². The second-order valence-electron chi connectivity index (χ2n) is 4.29. The number of anilines is 1. The molecule has 0 saturated carbocycles. The average molecular weight is 326 g/mol. The van der Waals surface area contributed by atoms with Crippen molar-refractivity contribution >= 4 is 21.6 Å². The van der Waals surface area contributed by atoms with Crippen LogP contribution in [0.3, 0.4) is 0 Å². The summed E-state index contributed by atoms with van der Waals surface area (Å²) in [5.74, 6) is -0.563. The summed E-state index contributed by atoms with van der Waals surface area (Å²) in [5, 5.41) is 3.25. The van der Waals surface area contributed by atoms with Gasteiger partial charge in [0.15, 0.2) is 0 Å². The highest BCUT2D eigenvalue weighted by molar-refractivity contribution is 9.10. The molecule has 0 aromatic heterocycles. The van der Waals surface area contributed by atoms with Crippen molar-refractivity contribution in [3.8, 4) is 0 Å². The number of hydrogen-bond donors (Lipinski definition) is 1. The molecule has 1 atom stereocenters. The van der Waals surface area contributed by atoms with Crippen LogP contribution in [0.2, 0.25) is 0 Å². The lowest BCUT2D eigenvalue weighted by Crippen LogP contribution is -2.09. The molecule has 0 spiro atoms. The van der Waals surface area contributed by atoms with Crippen molar-refractivity contribution in [3.05, 3.63) is 64.1 Å². The lowest BCUT2D eigenvalue weighted by Gasteiger charge is -2.19. The van der Waals surface area contributed by atoms with E-state index < -0.39 is 0 Å². The number of nitrogens with one attached hydrogen (secondary N) is 1. The first-order chi connectivity index (χ1) is 9.10. The SMILES string of the molecule is CCC(Nc1ccc(Br)c(F)c1)c1ccc(F)cc1. The van der Waals surface area contributed by atoms with Gasteiger partial charge in [0.05, 0.1) is 10.5 Å². The smallest absolute Gasteiger partial charge is 0.139 e. The maximum absolute atomic E-state index is 13.5. The van der Waals surface area contributed by atoms with E-state index in [0.29, 0.717) is 10.2 Å². The quantitative estimate of drug-likeness (QED) is 0.805. The van der Waals surface area contributed by atoms with Crippen LogP contribution in [-0.2, 0) is 0 Å². The number of rotatable bonds is 4. The zero-order chi connectivity index (χ0) is 13.8. The lowest BCUT2D eigenvalue weighted by molar-refractivity contribution is 0.620. The molecule has 2 aromatic rings. The Hall–Kier alpha value is -1.42. The zero-order valence-corrected chi connectivity index (χ0v) is 12.0. The van der Waals surface area contributed by atoms with Crippen LogP contribution >= 0.6 is 15.9 Å². The molecule has 0 heterocycles. The van der Waals surface area contributed by atoms with Crippen LogP contribution in [0.4, 0.5) is 14.5 Å². The van der Waals surface area contributed by atoms with Gasteiger partial charge in [-0.1, -0.05) is 19.1 Å². The number of benzene rings is 2. The molecule has 0 aliphatic rings. The van der Waals surface area contributed by atoms with Gasteiger partial charge in [0.2, 0.25) is 0 Å². The van der Waals surface area contributed by atoms with E-state index >= 15 is 0 Å². The fourth-order valence-electron chi connectivity index (χ4n) is 1.90. The van der Waals surface area contributed by atoms with Crippen molar-refractivity contribution in [1.82, 2.24) is 0 Å². The van der Waals surface area contributed by atoms with Crippen LogP contribution in [0.25, 0.3) is 0 Å². The van der Waals surface area contributed by atoms with Crippen molar-refractivity contribution in [2.75, 3.05) is 5.32 Å². The Morgan fingerprint density at radius 1 is 1.11 bits per heavy atom. The molecule has 0 saturated heterocycles. The summed E-state index contributed by atoms with van der Waals surface area (Å²) in [4.78, 5) is 0. The Bertz CT molecular complexity index is 555. The molecule has 0 fully saturated rings. The number of hydrogen-bond acceptors (Lipinski definition) is 1. The van der Waals surface area contributed by atoms with Crippen LogP contribution < -0.4 is 5.32 Å². The van der Waals surface area contributed by atoms with E-state index in [1.165, 1.54) is 18.2 Å². The molecule has 0 bridgehead atoms. The van der Waals surface area contributed by atoms with Gasteiger partial charge in [-0.2, -0.15) is 0 Å². The van der Waals surface area contributed by atoms with Gasteiger partial charge < -0.3 is 5.32 Å². The third-order valence-corrected chi connectivity index (χ3v) is 3.58. The van der Waals surface area contributed by atoms with Crippen LogP contribution in [0, 0.1) is 11.6 Å². The molecule has 2 aromatic carbocycles. The standard InChI is InChI=1S/C15H14BrF2N/c1-2-15(10-3-5-11(17)6-4-10)19-12-7-8-13(16)14(18)9-12/h3-9,15,19H,2H2,1H3. The first-order valence-corrected chi connectivity index (χ1v) is 6.86. The molecule has 19 heavy (non-hydrogen) atoms. The summed E-state index contributed by atoms with van der Waals surface area (Å²) in [7, 11) is 0. The Morgan fingerprint density at radius 3 is 2.37 bits per heavy atom. The second-order valence-corrected chi connectivity index (χ2v) is 5.14. The molecule has 1 nitrogen and oxygen atoms in total. The highest BCUT2D eigenvalue weighted by Crippen LogP contribution is 2.25. The molecule has 0 aliphatic heterocycles. The van der Waals surface area contributed by atoms with Gasteiger partial charge in [-0.15, -0.1) is 0 Å². The van der Waals surface area contributed by atoms with Crippen molar-refractivity contribution in [1.29, 1.82) is 0 Å². The predicted molar refractivity (Wildman–Crippen MR) is 77.2 cm³/mol. The molecular formula is C15H14BrF2N. The number of halogens is 3. The maximum atomic E-state index is 13.5. The summed E-state index contributed by atoms with van der Waals surface area (Å²) in [5.41, 5.74) is 1.68. The summed E-state index contributed by atoms with van der Waals surface area (Å²) in [6, 6.07) is 11.3. The van der Waals surface area contributed by atoms with Crippen LogP contribution in [0.5, 0.6) is 0 Å². The molecule has 0 radical (unpaired) electrons. The topological polar surface area (TPSA) is 12.0 Å². The van der Waals surface area contributed by atoms with Crippen LogP contribution in [0.1, 0.15) is 24.9 Å². The minimum Gasteiger partial charge on any atom is -0.378 e.